The van der Waals surface area contributed by atoms with Crippen LogP contribution >= 0.6 is 11.8 Å². The monoisotopic (exact) mass is 374 g/mol. The van der Waals surface area contributed by atoms with Crippen molar-refractivity contribution in [2.45, 2.75) is 0 Å². The molecule has 1 N–H and O–H groups in total. The van der Waals surface area contributed by atoms with Crippen molar-refractivity contribution in [2.75, 3.05) is 11.9 Å². The SMILES string of the molecule is O=C(CN1C(=O)S/C(=C/c2ccccc2F)C1=O)Nc1ccc(F)cc1. The van der Waals surface area contributed by atoms with Crippen LogP contribution in [0.1, 0.15) is 5.56 Å². The highest BCUT2D eigenvalue weighted by atomic mass is 32.2. The normalized spacial score (nSPS) is 15.6. The van der Waals surface area contributed by atoms with Crippen LogP contribution in [0, 0.1) is 11.6 Å². The quantitative estimate of drug-likeness (QED) is 0.830. The van der Waals surface area contributed by atoms with E-state index in [-0.39, 0.29) is 10.5 Å². The summed E-state index contributed by atoms with van der Waals surface area (Å²) in [4.78, 5) is 37.2. The zero-order chi connectivity index (χ0) is 18.7. The van der Waals surface area contributed by atoms with E-state index in [2.05, 4.69) is 5.32 Å². The Morgan fingerprint density at radius 2 is 1.77 bits per heavy atom. The van der Waals surface area contributed by atoms with Crippen LogP contribution in [-0.2, 0) is 9.59 Å². The maximum Gasteiger partial charge on any atom is 0.294 e. The molecule has 1 heterocycles. The van der Waals surface area contributed by atoms with Crippen molar-refractivity contribution in [3.63, 3.8) is 0 Å². The van der Waals surface area contributed by atoms with Gasteiger partial charge in [-0.2, -0.15) is 0 Å². The van der Waals surface area contributed by atoms with Gasteiger partial charge in [0.05, 0.1) is 4.91 Å². The molecule has 1 aliphatic heterocycles. The van der Waals surface area contributed by atoms with Gasteiger partial charge in [0.25, 0.3) is 11.1 Å². The molecule has 2 aromatic rings. The third-order valence-electron chi connectivity index (χ3n) is 3.50. The minimum Gasteiger partial charge on any atom is -0.325 e. The number of nitrogens with zero attached hydrogens (tertiary/aromatic N) is 1. The second-order valence-electron chi connectivity index (χ2n) is 5.34. The van der Waals surface area contributed by atoms with Gasteiger partial charge in [0.2, 0.25) is 5.91 Å². The predicted molar refractivity (Wildman–Crippen MR) is 94.1 cm³/mol. The van der Waals surface area contributed by atoms with E-state index in [4.69, 9.17) is 0 Å². The van der Waals surface area contributed by atoms with Crippen LogP contribution in [0.2, 0.25) is 0 Å². The zero-order valence-electron chi connectivity index (χ0n) is 13.2. The number of carbonyl (C=O) groups is 3. The van der Waals surface area contributed by atoms with Crippen LogP contribution in [0.15, 0.2) is 53.4 Å². The highest BCUT2D eigenvalue weighted by Crippen LogP contribution is 2.32. The van der Waals surface area contributed by atoms with Crippen LogP contribution in [0.5, 0.6) is 0 Å². The summed E-state index contributed by atoms with van der Waals surface area (Å²) in [7, 11) is 0. The number of rotatable bonds is 4. The molecule has 0 atom stereocenters. The van der Waals surface area contributed by atoms with Crippen LogP contribution < -0.4 is 5.32 Å². The maximum absolute atomic E-state index is 13.7. The molecular formula is C18H12F2N2O3S. The summed E-state index contributed by atoms with van der Waals surface area (Å²) < 4.78 is 26.5. The summed E-state index contributed by atoms with van der Waals surface area (Å²) in [5, 5.41) is 1.85. The van der Waals surface area contributed by atoms with E-state index in [1.807, 2.05) is 0 Å². The first-order valence-electron chi connectivity index (χ1n) is 7.49. The number of benzene rings is 2. The first kappa shape index (κ1) is 17.8. The lowest BCUT2D eigenvalue weighted by molar-refractivity contribution is -0.127. The van der Waals surface area contributed by atoms with Gasteiger partial charge in [-0.15, -0.1) is 0 Å². The van der Waals surface area contributed by atoms with Crippen molar-refractivity contribution < 1.29 is 23.2 Å². The Hall–Kier alpha value is -3.00. The second kappa shape index (κ2) is 7.49. The molecule has 3 rings (SSSR count). The summed E-state index contributed by atoms with van der Waals surface area (Å²) in [6.07, 6.45) is 1.28. The van der Waals surface area contributed by atoms with Crippen molar-refractivity contribution >= 4 is 40.6 Å². The minimum atomic E-state index is -0.669. The number of hydrogen-bond acceptors (Lipinski definition) is 4. The molecule has 8 heteroatoms. The van der Waals surface area contributed by atoms with Gasteiger partial charge in [0.15, 0.2) is 0 Å². The van der Waals surface area contributed by atoms with Crippen molar-refractivity contribution in [1.82, 2.24) is 4.90 Å². The molecule has 2 aromatic carbocycles. The maximum atomic E-state index is 13.7. The number of imide groups is 1. The number of nitrogens with one attached hydrogen (secondary N) is 1. The molecule has 0 saturated carbocycles. The van der Waals surface area contributed by atoms with E-state index in [1.165, 1.54) is 48.5 Å². The van der Waals surface area contributed by atoms with Gasteiger partial charge in [-0.3, -0.25) is 19.3 Å². The van der Waals surface area contributed by atoms with Crippen LogP contribution in [-0.4, -0.2) is 28.5 Å². The summed E-state index contributed by atoms with van der Waals surface area (Å²) in [5.74, 6) is -2.25. The summed E-state index contributed by atoms with van der Waals surface area (Å²) >= 11 is 0.638. The van der Waals surface area contributed by atoms with Crippen molar-refractivity contribution in [1.29, 1.82) is 0 Å². The molecule has 0 bridgehead atoms. The Labute approximate surface area is 151 Å². The third-order valence-corrected chi connectivity index (χ3v) is 4.40. The topological polar surface area (TPSA) is 66.5 Å². The van der Waals surface area contributed by atoms with E-state index in [0.717, 1.165) is 4.90 Å². The van der Waals surface area contributed by atoms with E-state index in [0.29, 0.717) is 17.4 Å². The average Bonchev–Trinajstić information content (AvgIpc) is 2.86. The van der Waals surface area contributed by atoms with Crippen molar-refractivity contribution in [2.24, 2.45) is 0 Å². The molecule has 132 valence electrons. The highest BCUT2D eigenvalue weighted by molar-refractivity contribution is 8.18. The molecular weight excluding hydrogens is 362 g/mol. The Bertz CT molecular complexity index is 913. The Morgan fingerprint density at radius 3 is 2.46 bits per heavy atom. The largest absolute Gasteiger partial charge is 0.325 e. The highest BCUT2D eigenvalue weighted by Gasteiger charge is 2.36. The van der Waals surface area contributed by atoms with E-state index in [9.17, 15) is 23.2 Å². The Kier molecular flexibility index (Phi) is 5.13. The molecule has 1 fully saturated rings. The molecule has 0 radical (unpaired) electrons. The lowest BCUT2D eigenvalue weighted by Crippen LogP contribution is -2.36. The first-order valence-corrected chi connectivity index (χ1v) is 8.31. The molecule has 3 amide bonds. The lowest BCUT2D eigenvalue weighted by atomic mass is 10.2. The smallest absolute Gasteiger partial charge is 0.294 e. The molecule has 0 aromatic heterocycles. The fourth-order valence-corrected chi connectivity index (χ4v) is 3.08. The Balaban J connectivity index is 1.70. The summed E-state index contributed by atoms with van der Waals surface area (Å²) in [5.41, 5.74) is 0.513. The molecule has 1 saturated heterocycles. The van der Waals surface area contributed by atoms with Crippen LogP contribution in [0.25, 0.3) is 6.08 Å². The summed E-state index contributed by atoms with van der Waals surface area (Å²) in [6.45, 7) is -0.489. The molecule has 0 spiro atoms. The number of carbonyl (C=O) groups excluding carboxylic acids is 3. The average molecular weight is 374 g/mol. The summed E-state index contributed by atoms with van der Waals surface area (Å²) in [6, 6.07) is 10.9. The number of thioether (sulfide) groups is 1. The van der Waals surface area contributed by atoms with Gasteiger partial charge in [0.1, 0.15) is 18.2 Å². The van der Waals surface area contributed by atoms with E-state index in [1.54, 1.807) is 6.07 Å². The van der Waals surface area contributed by atoms with Gasteiger partial charge in [-0.1, -0.05) is 18.2 Å². The Morgan fingerprint density at radius 1 is 1.08 bits per heavy atom. The fraction of sp³-hybridized carbons (Fsp3) is 0.0556. The molecule has 0 unspecified atom stereocenters. The predicted octanol–water partition coefficient (Wildman–Crippen LogP) is 3.64. The third kappa shape index (κ3) is 3.97. The standard InChI is InChI=1S/C18H12F2N2O3S/c19-12-5-7-13(8-6-12)21-16(23)10-22-17(24)15(26-18(22)25)9-11-3-1-2-4-14(11)20/h1-9H,10H2,(H,21,23)/b15-9+. The second-order valence-corrected chi connectivity index (χ2v) is 6.34. The molecule has 26 heavy (non-hydrogen) atoms. The lowest BCUT2D eigenvalue weighted by Gasteiger charge is -2.12. The van der Waals surface area contributed by atoms with Gasteiger partial charge in [0, 0.05) is 11.3 Å². The van der Waals surface area contributed by atoms with E-state index >= 15 is 0 Å². The van der Waals surface area contributed by atoms with E-state index < -0.39 is 35.2 Å². The minimum absolute atomic E-state index is 0.0367. The van der Waals surface area contributed by atoms with Crippen LogP contribution in [0.4, 0.5) is 19.3 Å². The first-order chi connectivity index (χ1) is 12.4. The van der Waals surface area contributed by atoms with Gasteiger partial charge < -0.3 is 5.32 Å². The van der Waals surface area contributed by atoms with Crippen molar-refractivity contribution in [3.8, 4) is 0 Å². The van der Waals surface area contributed by atoms with Crippen LogP contribution in [0.3, 0.4) is 0 Å². The molecule has 5 nitrogen and oxygen atoms in total. The molecule has 1 aliphatic rings. The van der Waals surface area contributed by atoms with Crippen molar-refractivity contribution in [3.05, 3.63) is 70.6 Å². The number of anilines is 1. The number of hydrogen-bond donors (Lipinski definition) is 1. The van der Waals surface area contributed by atoms with Gasteiger partial charge in [-0.25, -0.2) is 8.78 Å². The van der Waals surface area contributed by atoms with Gasteiger partial charge in [-0.05, 0) is 48.2 Å². The number of halogens is 2. The van der Waals surface area contributed by atoms with Gasteiger partial charge >= 0.3 is 0 Å². The fourth-order valence-electron chi connectivity index (χ4n) is 2.25. The zero-order valence-corrected chi connectivity index (χ0v) is 14.1. The molecule has 0 aliphatic carbocycles. The number of amides is 3.